The predicted molar refractivity (Wildman–Crippen MR) is 65.7 cm³/mol. The van der Waals surface area contributed by atoms with Gasteiger partial charge in [0.05, 0.1) is 7.11 Å². The van der Waals surface area contributed by atoms with Gasteiger partial charge in [0.2, 0.25) is 0 Å². The van der Waals surface area contributed by atoms with Crippen LogP contribution in [0.15, 0.2) is 0 Å². The summed E-state index contributed by atoms with van der Waals surface area (Å²) in [5.41, 5.74) is 5.29. The molecule has 0 bridgehead atoms. The van der Waals surface area contributed by atoms with Crippen molar-refractivity contribution in [3.8, 4) is 0 Å². The smallest absolute Gasteiger partial charge is 0.325 e. The third-order valence-corrected chi connectivity index (χ3v) is 3.60. The van der Waals surface area contributed by atoms with Gasteiger partial charge in [0.15, 0.2) is 0 Å². The van der Waals surface area contributed by atoms with Crippen molar-refractivity contribution in [2.45, 2.75) is 37.3 Å². The molecule has 1 fully saturated rings. The molecular weight excluding hydrogens is 220 g/mol. The lowest BCUT2D eigenvalue weighted by atomic mass is 9.99. The Labute approximate surface area is 103 Å². The standard InChI is InChI=1S/C12H24N2O3/c1-14(7-4-8-16-2)10-5-6-12(13,9-10)11(15)17-3/h10H,4-9,13H2,1-3H3. The van der Waals surface area contributed by atoms with Crippen LogP contribution in [0.5, 0.6) is 0 Å². The molecule has 1 aliphatic rings. The number of carbonyl (C=O) groups excluding carboxylic acids is 1. The van der Waals surface area contributed by atoms with Gasteiger partial charge in [0.1, 0.15) is 5.54 Å². The Hall–Kier alpha value is -0.650. The highest BCUT2D eigenvalue weighted by molar-refractivity contribution is 5.81. The fraction of sp³-hybridized carbons (Fsp3) is 0.917. The van der Waals surface area contributed by atoms with Gasteiger partial charge in [-0.3, -0.25) is 4.79 Å². The molecule has 5 heteroatoms. The van der Waals surface area contributed by atoms with E-state index in [9.17, 15) is 4.79 Å². The average molecular weight is 244 g/mol. The highest BCUT2D eigenvalue weighted by atomic mass is 16.5. The lowest BCUT2D eigenvalue weighted by Crippen LogP contribution is -2.47. The minimum Gasteiger partial charge on any atom is -0.468 e. The summed E-state index contributed by atoms with van der Waals surface area (Å²) in [5, 5.41) is 0. The molecule has 0 aliphatic heterocycles. The number of esters is 1. The van der Waals surface area contributed by atoms with Crippen molar-refractivity contribution < 1.29 is 14.3 Å². The molecule has 0 radical (unpaired) electrons. The number of hydrogen-bond donors (Lipinski definition) is 1. The van der Waals surface area contributed by atoms with Crippen molar-refractivity contribution in [3.63, 3.8) is 0 Å². The van der Waals surface area contributed by atoms with Gasteiger partial charge in [0.25, 0.3) is 0 Å². The van der Waals surface area contributed by atoms with E-state index in [1.165, 1.54) is 7.11 Å². The van der Waals surface area contributed by atoms with E-state index in [0.717, 1.165) is 26.0 Å². The first-order valence-electron chi connectivity index (χ1n) is 6.10. The van der Waals surface area contributed by atoms with E-state index in [1.54, 1.807) is 7.11 Å². The van der Waals surface area contributed by atoms with E-state index in [0.29, 0.717) is 18.9 Å². The molecule has 2 unspecified atom stereocenters. The summed E-state index contributed by atoms with van der Waals surface area (Å²) in [6.07, 6.45) is 3.34. The first kappa shape index (κ1) is 14.4. The fourth-order valence-electron chi connectivity index (χ4n) is 2.45. The summed E-state index contributed by atoms with van der Waals surface area (Å²) in [6, 6.07) is 0.371. The van der Waals surface area contributed by atoms with Gasteiger partial charge in [-0.05, 0) is 32.7 Å². The number of nitrogens with two attached hydrogens (primary N) is 1. The van der Waals surface area contributed by atoms with Crippen LogP contribution in [-0.2, 0) is 14.3 Å². The summed E-state index contributed by atoms with van der Waals surface area (Å²) in [6.45, 7) is 1.73. The number of carbonyl (C=O) groups is 1. The summed E-state index contributed by atoms with van der Waals surface area (Å²) in [4.78, 5) is 13.8. The minimum absolute atomic E-state index is 0.287. The van der Waals surface area contributed by atoms with Crippen LogP contribution in [0.4, 0.5) is 0 Å². The fourth-order valence-corrected chi connectivity index (χ4v) is 2.45. The highest BCUT2D eigenvalue weighted by Gasteiger charge is 2.43. The van der Waals surface area contributed by atoms with Crippen LogP contribution in [0.1, 0.15) is 25.7 Å². The van der Waals surface area contributed by atoms with Gasteiger partial charge >= 0.3 is 5.97 Å². The summed E-state index contributed by atoms with van der Waals surface area (Å²) in [5.74, 6) is -0.287. The van der Waals surface area contributed by atoms with Crippen molar-refractivity contribution in [1.82, 2.24) is 4.90 Å². The Kier molecular flexibility index (Phi) is 5.36. The average Bonchev–Trinajstić information content (AvgIpc) is 2.72. The van der Waals surface area contributed by atoms with Gasteiger partial charge in [-0.25, -0.2) is 0 Å². The molecular formula is C12H24N2O3. The third kappa shape index (κ3) is 3.66. The van der Waals surface area contributed by atoms with Gasteiger partial charge < -0.3 is 20.1 Å². The van der Waals surface area contributed by atoms with Crippen molar-refractivity contribution in [2.75, 3.05) is 34.4 Å². The molecule has 1 aliphatic carbocycles. The van der Waals surface area contributed by atoms with Crippen LogP contribution in [-0.4, -0.2) is 56.9 Å². The molecule has 2 atom stereocenters. The molecule has 0 aromatic carbocycles. The van der Waals surface area contributed by atoms with E-state index < -0.39 is 5.54 Å². The first-order valence-corrected chi connectivity index (χ1v) is 6.10. The van der Waals surface area contributed by atoms with Gasteiger partial charge in [-0.15, -0.1) is 0 Å². The van der Waals surface area contributed by atoms with Gasteiger partial charge in [0, 0.05) is 26.3 Å². The lowest BCUT2D eigenvalue weighted by Gasteiger charge is -2.26. The molecule has 0 aromatic rings. The monoisotopic (exact) mass is 244 g/mol. The molecule has 17 heavy (non-hydrogen) atoms. The number of hydrogen-bond acceptors (Lipinski definition) is 5. The van der Waals surface area contributed by atoms with Crippen LogP contribution in [0.3, 0.4) is 0 Å². The zero-order valence-corrected chi connectivity index (χ0v) is 11.1. The van der Waals surface area contributed by atoms with Crippen LogP contribution in [0, 0.1) is 0 Å². The Morgan fingerprint density at radius 1 is 1.53 bits per heavy atom. The van der Waals surface area contributed by atoms with Crippen LogP contribution in [0.25, 0.3) is 0 Å². The van der Waals surface area contributed by atoms with Crippen molar-refractivity contribution in [2.24, 2.45) is 5.73 Å². The molecule has 100 valence electrons. The largest absolute Gasteiger partial charge is 0.468 e. The second-order valence-corrected chi connectivity index (χ2v) is 4.87. The minimum atomic E-state index is -0.783. The quantitative estimate of drug-likeness (QED) is 0.540. The Bertz CT molecular complexity index is 260. The van der Waals surface area contributed by atoms with Gasteiger partial charge in [-0.1, -0.05) is 0 Å². The van der Waals surface area contributed by atoms with Crippen LogP contribution in [0.2, 0.25) is 0 Å². The molecule has 5 nitrogen and oxygen atoms in total. The topological polar surface area (TPSA) is 64.8 Å². The van der Waals surface area contributed by atoms with Crippen molar-refractivity contribution >= 4 is 5.97 Å². The highest BCUT2D eigenvalue weighted by Crippen LogP contribution is 2.31. The maximum atomic E-state index is 11.6. The molecule has 0 heterocycles. The van der Waals surface area contributed by atoms with E-state index in [4.69, 9.17) is 15.2 Å². The second kappa shape index (κ2) is 6.33. The Morgan fingerprint density at radius 3 is 2.82 bits per heavy atom. The van der Waals surface area contributed by atoms with E-state index in [-0.39, 0.29) is 5.97 Å². The zero-order chi connectivity index (χ0) is 12.9. The Morgan fingerprint density at radius 2 is 2.24 bits per heavy atom. The number of nitrogens with zero attached hydrogens (tertiary/aromatic N) is 1. The number of ether oxygens (including phenoxy) is 2. The molecule has 1 rings (SSSR count). The van der Waals surface area contributed by atoms with Crippen molar-refractivity contribution in [3.05, 3.63) is 0 Å². The summed E-state index contributed by atoms with van der Waals surface area (Å²) < 4.78 is 9.79. The molecule has 1 saturated carbocycles. The van der Waals surface area contributed by atoms with E-state index in [1.807, 2.05) is 0 Å². The molecule has 0 aromatic heterocycles. The third-order valence-electron chi connectivity index (χ3n) is 3.60. The van der Waals surface area contributed by atoms with Gasteiger partial charge in [-0.2, -0.15) is 0 Å². The number of methoxy groups -OCH3 is 2. The number of rotatable bonds is 6. The lowest BCUT2D eigenvalue weighted by molar-refractivity contribution is -0.146. The molecule has 0 amide bonds. The van der Waals surface area contributed by atoms with Crippen LogP contribution >= 0.6 is 0 Å². The second-order valence-electron chi connectivity index (χ2n) is 4.87. The zero-order valence-electron chi connectivity index (χ0n) is 11.1. The SMILES string of the molecule is COCCCN(C)C1CCC(N)(C(=O)OC)C1. The molecule has 0 saturated heterocycles. The van der Waals surface area contributed by atoms with Crippen LogP contribution < -0.4 is 5.73 Å². The summed E-state index contributed by atoms with van der Waals surface area (Å²) in [7, 11) is 5.17. The maximum Gasteiger partial charge on any atom is 0.325 e. The molecule has 0 spiro atoms. The molecule has 2 N–H and O–H groups in total. The van der Waals surface area contributed by atoms with Crippen molar-refractivity contribution in [1.29, 1.82) is 0 Å². The predicted octanol–water partition coefficient (Wildman–Crippen LogP) is 0.378. The van der Waals surface area contributed by atoms with E-state index >= 15 is 0 Å². The van der Waals surface area contributed by atoms with E-state index in [2.05, 4.69) is 11.9 Å². The summed E-state index contributed by atoms with van der Waals surface area (Å²) >= 11 is 0. The first-order chi connectivity index (χ1) is 8.03. The Balaban J connectivity index is 2.41. The normalized spacial score (nSPS) is 28.6. The maximum absolute atomic E-state index is 11.6.